The highest BCUT2D eigenvalue weighted by molar-refractivity contribution is 5.97. The van der Waals surface area contributed by atoms with Gasteiger partial charge in [-0.1, -0.05) is 6.07 Å². The number of carboxylic acids is 1. The monoisotopic (exact) mass is 274 g/mol. The smallest absolute Gasteiger partial charge is 0.335 e. The molecule has 5 nitrogen and oxygen atoms in total. The molecular weight excluding hydrogens is 256 g/mol. The predicted octanol–water partition coefficient (Wildman–Crippen LogP) is 2.26. The molecule has 0 spiro atoms. The molecule has 1 aromatic carbocycles. The first-order chi connectivity index (χ1) is 9.56. The number of rotatable bonds is 3. The van der Waals surface area contributed by atoms with Gasteiger partial charge in [0.05, 0.1) is 5.56 Å². The van der Waals surface area contributed by atoms with Gasteiger partial charge < -0.3 is 10.4 Å². The third-order valence-electron chi connectivity index (χ3n) is 4.15. The van der Waals surface area contributed by atoms with Gasteiger partial charge in [0.15, 0.2) is 0 Å². The normalized spacial score (nSPS) is 18.6. The van der Waals surface area contributed by atoms with Crippen LogP contribution in [-0.2, 0) is 6.42 Å². The van der Waals surface area contributed by atoms with Crippen LogP contribution in [0, 0.1) is 5.92 Å². The molecule has 1 unspecified atom stereocenters. The van der Waals surface area contributed by atoms with Crippen molar-refractivity contribution in [3.05, 3.63) is 29.3 Å². The Balaban J connectivity index is 1.78. The highest BCUT2D eigenvalue weighted by Gasteiger charge is 2.32. The van der Waals surface area contributed by atoms with Gasteiger partial charge in [-0.25, -0.2) is 9.59 Å². The maximum Gasteiger partial charge on any atom is 0.335 e. The molecule has 20 heavy (non-hydrogen) atoms. The standard InChI is InChI=1S/C15H18N2O3/c1-9(10-2-3-10)16-15(20)17-7-6-11-4-5-12(14(18)19)8-13(11)17/h4-5,8-10H,2-3,6-7H2,1H3,(H,16,20)(H,18,19). The molecule has 3 rings (SSSR count). The minimum atomic E-state index is -0.966. The lowest BCUT2D eigenvalue weighted by Crippen LogP contribution is -2.44. The largest absolute Gasteiger partial charge is 0.478 e. The van der Waals surface area contributed by atoms with Crippen molar-refractivity contribution in [2.45, 2.75) is 32.2 Å². The van der Waals surface area contributed by atoms with Crippen molar-refractivity contribution in [3.8, 4) is 0 Å². The average Bonchev–Trinajstić information content (AvgIpc) is 3.17. The van der Waals surface area contributed by atoms with E-state index in [-0.39, 0.29) is 17.6 Å². The van der Waals surface area contributed by atoms with E-state index in [0.717, 1.165) is 17.7 Å². The molecule has 0 radical (unpaired) electrons. The van der Waals surface area contributed by atoms with Gasteiger partial charge in [-0.3, -0.25) is 4.90 Å². The van der Waals surface area contributed by atoms with Crippen molar-refractivity contribution < 1.29 is 14.7 Å². The second-order valence-corrected chi connectivity index (χ2v) is 5.63. The molecule has 1 fully saturated rings. The Morgan fingerprint density at radius 3 is 2.80 bits per heavy atom. The summed E-state index contributed by atoms with van der Waals surface area (Å²) in [5.74, 6) is -0.363. The van der Waals surface area contributed by atoms with Crippen LogP contribution in [0.1, 0.15) is 35.7 Å². The molecule has 2 aliphatic rings. The topological polar surface area (TPSA) is 69.6 Å². The highest BCUT2D eigenvalue weighted by atomic mass is 16.4. The van der Waals surface area contributed by atoms with E-state index in [2.05, 4.69) is 5.32 Å². The fourth-order valence-electron chi connectivity index (χ4n) is 2.71. The van der Waals surface area contributed by atoms with Crippen LogP contribution >= 0.6 is 0 Å². The minimum absolute atomic E-state index is 0.120. The Morgan fingerprint density at radius 1 is 1.40 bits per heavy atom. The van der Waals surface area contributed by atoms with Gasteiger partial charge in [-0.15, -0.1) is 0 Å². The molecular formula is C15H18N2O3. The molecule has 5 heteroatoms. The summed E-state index contributed by atoms with van der Waals surface area (Å²) in [7, 11) is 0. The number of nitrogens with zero attached hydrogens (tertiary/aromatic N) is 1. The number of amides is 2. The molecule has 1 heterocycles. The number of nitrogens with one attached hydrogen (secondary N) is 1. The molecule has 2 amide bonds. The first kappa shape index (κ1) is 13.0. The third kappa shape index (κ3) is 2.35. The van der Waals surface area contributed by atoms with Gasteiger partial charge in [0.25, 0.3) is 0 Å². The zero-order chi connectivity index (χ0) is 14.3. The van der Waals surface area contributed by atoms with Crippen molar-refractivity contribution in [2.75, 3.05) is 11.4 Å². The van der Waals surface area contributed by atoms with E-state index in [4.69, 9.17) is 5.11 Å². The van der Waals surface area contributed by atoms with Gasteiger partial charge >= 0.3 is 12.0 Å². The maximum absolute atomic E-state index is 12.3. The first-order valence-electron chi connectivity index (χ1n) is 7.00. The second kappa shape index (κ2) is 4.81. The SMILES string of the molecule is CC(NC(=O)N1CCc2ccc(C(=O)O)cc21)C1CC1. The molecule has 0 bridgehead atoms. The molecule has 1 aromatic rings. The summed E-state index contributed by atoms with van der Waals surface area (Å²) in [6.07, 6.45) is 3.14. The summed E-state index contributed by atoms with van der Waals surface area (Å²) in [4.78, 5) is 25.0. The van der Waals surface area contributed by atoms with Crippen LogP contribution < -0.4 is 10.2 Å². The number of anilines is 1. The fraction of sp³-hybridized carbons (Fsp3) is 0.467. The Labute approximate surface area is 117 Å². The number of carbonyl (C=O) groups excluding carboxylic acids is 1. The Kier molecular flexibility index (Phi) is 3.12. The summed E-state index contributed by atoms with van der Waals surface area (Å²) < 4.78 is 0. The Bertz CT molecular complexity index is 566. The Morgan fingerprint density at radius 2 is 2.15 bits per heavy atom. The highest BCUT2D eigenvalue weighted by Crippen LogP contribution is 2.33. The minimum Gasteiger partial charge on any atom is -0.478 e. The summed E-state index contributed by atoms with van der Waals surface area (Å²) in [6, 6.07) is 5.05. The number of aromatic carboxylic acids is 1. The van der Waals surface area contributed by atoms with Gasteiger partial charge in [0.1, 0.15) is 0 Å². The van der Waals surface area contributed by atoms with Gasteiger partial charge in [0, 0.05) is 18.3 Å². The zero-order valence-corrected chi connectivity index (χ0v) is 11.4. The average molecular weight is 274 g/mol. The van der Waals surface area contributed by atoms with Crippen molar-refractivity contribution in [1.29, 1.82) is 0 Å². The number of hydrogen-bond donors (Lipinski definition) is 2. The predicted molar refractivity (Wildman–Crippen MR) is 75.2 cm³/mol. The van der Waals surface area contributed by atoms with Crippen LogP contribution in [-0.4, -0.2) is 29.7 Å². The summed E-state index contributed by atoms with van der Waals surface area (Å²) in [5.41, 5.74) is 1.98. The lowest BCUT2D eigenvalue weighted by Gasteiger charge is -2.21. The van der Waals surface area contributed by atoms with E-state index in [1.54, 1.807) is 23.1 Å². The van der Waals surface area contributed by atoms with Gasteiger partial charge in [-0.05, 0) is 49.8 Å². The second-order valence-electron chi connectivity index (χ2n) is 5.63. The van der Waals surface area contributed by atoms with Crippen molar-refractivity contribution >= 4 is 17.7 Å². The van der Waals surface area contributed by atoms with E-state index < -0.39 is 5.97 Å². The summed E-state index contributed by atoms with van der Waals surface area (Å²) in [6.45, 7) is 2.64. The van der Waals surface area contributed by atoms with Crippen LogP contribution in [0.5, 0.6) is 0 Å². The van der Waals surface area contributed by atoms with Crippen LogP contribution in [0.25, 0.3) is 0 Å². The van der Waals surface area contributed by atoms with Crippen LogP contribution in [0.4, 0.5) is 10.5 Å². The van der Waals surface area contributed by atoms with E-state index >= 15 is 0 Å². The molecule has 1 aliphatic carbocycles. The fourth-order valence-corrected chi connectivity index (χ4v) is 2.71. The number of fused-ring (bicyclic) bond motifs is 1. The number of carbonyl (C=O) groups is 2. The Hall–Kier alpha value is -2.04. The molecule has 1 aliphatic heterocycles. The molecule has 0 aromatic heterocycles. The number of urea groups is 1. The molecule has 1 atom stereocenters. The van der Waals surface area contributed by atoms with Gasteiger partial charge in [0.2, 0.25) is 0 Å². The summed E-state index contributed by atoms with van der Waals surface area (Å²) >= 11 is 0. The lowest BCUT2D eigenvalue weighted by molar-refractivity contribution is 0.0697. The van der Waals surface area contributed by atoms with Crippen molar-refractivity contribution in [3.63, 3.8) is 0 Å². The maximum atomic E-state index is 12.3. The van der Waals surface area contributed by atoms with Crippen LogP contribution in [0.3, 0.4) is 0 Å². The van der Waals surface area contributed by atoms with Crippen LogP contribution in [0.2, 0.25) is 0 Å². The summed E-state index contributed by atoms with van der Waals surface area (Å²) in [5, 5.41) is 12.1. The van der Waals surface area contributed by atoms with Crippen LogP contribution in [0.15, 0.2) is 18.2 Å². The van der Waals surface area contributed by atoms with E-state index in [1.165, 1.54) is 12.8 Å². The lowest BCUT2D eigenvalue weighted by atomic mass is 10.1. The molecule has 1 saturated carbocycles. The van der Waals surface area contributed by atoms with Crippen molar-refractivity contribution in [2.24, 2.45) is 5.92 Å². The number of benzene rings is 1. The first-order valence-corrected chi connectivity index (χ1v) is 7.00. The molecule has 2 N–H and O–H groups in total. The van der Waals surface area contributed by atoms with E-state index in [9.17, 15) is 9.59 Å². The molecule has 106 valence electrons. The van der Waals surface area contributed by atoms with E-state index in [1.807, 2.05) is 6.92 Å². The van der Waals surface area contributed by atoms with E-state index in [0.29, 0.717) is 12.5 Å². The van der Waals surface area contributed by atoms with Crippen molar-refractivity contribution in [1.82, 2.24) is 5.32 Å². The zero-order valence-electron chi connectivity index (χ0n) is 11.4. The van der Waals surface area contributed by atoms with Gasteiger partial charge in [-0.2, -0.15) is 0 Å². The number of carboxylic acid groups (broad SMARTS) is 1. The third-order valence-corrected chi connectivity index (χ3v) is 4.15. The number of hydrogen-bond acceptors (Lipinski definition) is 2. The quantitative estimate of drug-likeness (QED) is 0.888. The molecule has 0 saturated heterocycles.